The summed E-state index contributed by atoms with van der Waals surface area (Å²) in [6.07, 6.45) is 3.01. The summed E-state index contributed by atoms with van der Waals surface area (Å²) in [4.78, 5) is 0.251. The van der Waals surface area contributed by atoms with Crippen molar-refractivity contribution in [3.8, 4) is 0 Å². The fourth-order valence-corrected chi connectivity index (χ4v) is 2.51. The molecule has 1 heterocycles. The monoisotopic (exact) mass is 236 g/mol. The molecule has 0 unspecified atom stereocenters. The highest BCUT2D eigenvalue weighted by atomic mass is 32.2. The third-order valence-corrected chi connectivity index (χ3v) is 3.81. The van der Waals surface area contributed by atoms with Crippen LogP contribution in [0.1, 0.15) is 11.1 Å². The van der Waals surface area contributed by atoms with Crippen molar-refractivity contribution in [3.63, 3.8) is 0 Å². The predicted octanol–water partition coefficient (Wildman–Crippen LogP) is 1.74. The topological polar surface area (TPSA) is 52.0 Å². The molecule has 0 saturated carbocycles. The summed E-state index contributed by atoms with van der Waals surface area (Å²) >= 11 is 0. The van der Waals surface area contributed by atoms with E-state index in [1.165, 1.54) is 12.4 Å². The Kier molecular flexibility index (Phi) is 2.55. The number of benzene rings is 1. The standard InChI is InChI=1S/C11H12N2O2S/c1-9-3-5-11(6-4-9)16(14,15)13-8-10(2)7-12-13/h3-8H,1-2H3. The second kappa shape index (κ2) is 3.75. The Labute approximate surface area is 94.6 Å². The number of hydrogen-bond acceptors (Lipinski definition) is 3. The zero-order chi connectivity index (χ0) is 11.8. The average Bonchev–Trinajstić information content (AvgIpc) is 2.66. The summed E-state index contributed by atoms with van der Waals surface area (Å²) in [6.45, 7) is 3.71. The maximum absolute atomic E-state index is 12.1. The molecule has 4 nitrogen and oxygen atoms in total. The first kappa shape index (κ1) is 10.9. The van der Waals surface area contributed by atoms with Gasteiger partial charge in [0.2, 0.25) is 0 Å². The van der Waals surface area contributed by atoms with Crippen molar-refractivity contribution in [1.82, 2.24) is 9.19 Å². The molecule has 0 radical (unpaired) electrons. The molecule has 0 N–H and O–H groups in total. The first-order valence-corrected chi connectivity index (χ1v) is 6.28. The van der Waals surface area contributed by atoms with Crippen LogP contribution in [0.25, 0.3) is 0 Å². The van der Waals surface area contributed by atoms with E-state index < -0.39 is 10.0 Å². The van der Waals surface area contributed by atoms with E-state index in [1.54, 1.807) is 31.2 Å². The van der Waals surface area contributed by atoms with Gasteiger partial charge in [-0.15, -0.1) is 0 Å². The Balaban J connectivity index is 2.51. The summed E-state index contributed by atoms with van der Waals surface area (Å²) < 4.78 is 25.1. The Bertz CT molecular complexity index is 597. The lowest BCUT2D eigenvalue weighted by Crippen LogP contribution is -2.13. The highest BCUT2D eigenvalue weighted by Gasteiger charge is 2.16. The molecule has 0 atom stereocenters. The average molecular weight is 236 g/mol. The molecule has 0 spiro atoms. The zero-order valence-electron chi connectivity index (χ0n) is 9.08. The molecule has 0 aliphatic rings. The van der Waals surface area contributed by atoms with E-state index in [2.05, 4.69) is 5.10 Å². The van der Waals surface area contributed by atoms with E-state index >= 15 is 0 Å². The van der Waals surface area contributed by atoms with Crippen molar-refractivity contribution in [2.45, 2.75) is 18.7 Å². The summed E-state index contributed by atoms with van der Waals surface area (Å²) in [6, 6.07) is 6.70. The van der Waals surface area contributed by atoms with Crippen LogP contribution in [-0.4, -0.2) is 17.6 Å². The van der Waals surface area contributed by atoms with Crippen LogP contribution in [-0.2, 0) is 10.0 Å². The van der Waals surface area contributed by atoms with Gasteiger partial charge in [0.25, 0.3) is 10.0 Å². The van der Waals surface area contributed by atoms with Crippen LogP contribution in [0.5, 0.6) is 0 Å². The number of rotatable bonds is 2. The highest BCUT2D eigenvalue weighted by molar-refractivity contribution is 7.89. The molecule has 5 heteroatoms. The minimum absolute atomic E-state index is 0.251. The molecule has 0 aliphatic heterocycles. The zero-order valence-corrected chi connectivity index (χ0v) is 9.90. The molecular formula is C11H12N2O2S. The van der Waals surface area contributed by atoms with Crippen molar-refractivity contribution >= 4 is 10.0 Å². The van der Waals surface area contributed by atoms with Crippen molar-refractivity contribution in [1.29, 1.82) is 0 Å². The van der Waals surface area contributed by atoms with Gasteiger partial charge >= 0.3 is 0 Å². The van der Waals surface area contributed by atoms with Gasteiger partial charge in [0.15, 0.2) is 0 Å². The summed E-state index contributed by atoms with van der Waals surface area (Å²) in [5.74, 6) is 0. The fourth-order valence-electron chi connectivity index (χ4n) is 1.34. The van der Waals surface area contributed by atoms with Crippen molar-refractivity contribution in [2.75, 3.05) is 0 Å². The van der Waals surface area contributed by atoms with Crippen LogP contribution in [0.15, 0.2) is 41.6 Å². The minimum Gasteiger partial charge on any atom is -0.199 e. The molecule has 84 valence electrons. The number of aryl methyl sites for hydroxylation is 2. The molecule has 0 bridgehead atoms. The summed E-state index contributed by atoms with van der Waals surface area (Å²) in [5, 5.41) is 3.81. The third-order valence-electron chi connectivity index (χ3n) is 2.25. The molecule has 1 aromatic heterocycles. The summed E-state index contributed by atoms with van der Waals surface area (Å²) in [7, 11) is -3.53. The van der Waals surface area contributed by atoms with E-state index in [9.17, 15) is 8.42 Å². The Morgan fingerprint density at radius 2 is 1.69 bits per heavy atom. The SMILES string of the molecule is Cc1ccc(S(=O)(=O)n2cc(C)cn2)cc1. The summed E-state index contributed by atoms with van der Waals surface area (Å²) in [5.41, 5.74) is 1.84. The number of hydrogen-bond donors (Lipinski definition) is 0. The highest BCUT2D eigenvalue weighted by Crippen LogP contribution is 2.13. The van der Waals surface area contributed by atoms with Gasteiger partial charge in [-0.3, -0.25) is 0 Å². The van der Waals surface area contributed by atoms with Gasteiger partial charge in [0, 0.05) is 6.20 Å². The van der Waals surface area contributed by atoms with Crippen LogP contribution >= 0.6 is 0 Å². The van der Waals surface area contributed by atoms with Crippen LogP contribution in [0.2, 0.25) is 0 Å². The van der Waals surface area contributed by atoms with Gasteiger partial charge < -0.3 is 0 Å². The first-order chi connectivity index (χ1) is 7.50. The van der Waals surface area contributed by atoms with Crippen LogP contribution < -0.4 is 0 Å². The third kappa shape index (κ3) is 1.86. The molecule has 2 aromatic rings. The van der Waals surface area contributed by atoms with Crippen LogP contribution in [0.4, 0.5) is 0 Å². The maximum Gasteiger partial charge on any atom is 0.282 e. The largest absolute Gasteiger partial charge is 0.282 e. The second-order valence-electron chi connectivity index (χ2n) is 3.71. The van der Waals surface area contributed by atoms with Gasteiger partial charge in [-0.25, -0.2) is 0 Å². The van der Waals surface area contributed by atoms with Crippen LogP contribution in [0.3, 0.4) is 0 Å². The molecule has 0 fully saturated rings. The Morgan fingerprint density at radius 3 is 2.19 bits per heavy atom. The minimum atomic E-state index is -3.53. The molecule has 1 aromatic carbocycles. The smallest absolute Gasteiger partial charge is 0.199 e. The number of aromatic nitrogens is 2. The normalized spacial score (nSPS) is 11.6. The first-order valence-electron chi connectivity index (χ1n) is 4.84. The van der Waals surface area contributed by atoms with Gasteiger partial charge in [0.05, 0.1) is 11.1 Å². The lowest BCUT2D eigenvalue weighted by atomic mass is 10.2. The molecule has 0 saturated heterocycles. The molecule has 0 aliphatic carbocycles. The van der Waals surface area contributed by atoms with Crippen molar-refractivity contribution in [2.24, 2.45) is 0 Å². The molecular weight excluding hydrogens is 224 g/mol. The lowest BCUT2D eigenvalue weighted by Gasteiger charge is -2.04. The van der Waals surface area contributed by atoms with E-state index in [-0.39, 0.29) is 4.90 Å². The van der Waals surface area contributed by atoms with Gasteiger partial charge in [-0.1, -0.05) is 17.7 Å². The van der Waals surface area contributed by atoms with E-state index in [4.69, 9.17) is 0 Å². The Morgan fingerprint density at radius 1 is 1.06 bits per heavy atom. The van der Waals surface area contributed by atoms with Gasteiger partial charge in [0.1, 0.15) is 0 Å². The maximum atomic E-state index is 12.1. The predicted molar refractivity (Wildman–Crippen MR) is 60.7 cm³/mol. The van der Waals surface area contributed by atoms with Crippen molar-refractivity contribution in [3.05, 3.63) is 47.8 Å². The van der Waals surface area contributed by atoms with E-state index in [0.29, 0.717) is 0 Å². The molecule has 16 heavy (non-hydrogen) atoms. The van der Waals surface area contributed by atoms with Crippen LogP contribution in [0, 0.1) is 13.8 Å². The number of nitrogens with zero attached hydrogens (tertiary/aromatic N) is 2. The van der Waals surface area contributed by atoms with E-state index in [1.807, 2.05) is 6.92 Å². The Hall–Kier alpha value is -1.62. The molecule has 2 rings (SSSR count). The van der Waals surface area contributed by atoms with E-state index in [0.717, 1.165) is 15.2 Å². The van der Waals surface area contributed by atoms with Crippen molar-refractivity contribution < 1.29 is 8.42 Å². The van der Waals surface area contributed by atoms with Gasteiger partial charge in [-0.2, -0.15) is 17.6 Å². The quantitative estimate of drug-likeness (QED) is 0.798. The van der Waals surface area contributed by atoms with Gasteiger partial charge in [-0.05, 0) is 31.5 Å². The second-order valence-corrected chi connectivity index (χ2v) is 5.50. The fraction of sp³-hybridized carbons (Fsp3) is 0.182. The lowest BCUT2D eigenvalue weighted by molar-refractivity contribution is 0.580. The molecule has 0 amide bonds.